The first-order valence-corrected chi connectivity index (χ1v) is 5.57. The normalized spacial score (nSPS) is 10.5. The van der Waals surface area contributed by atoms with Gasteiger partial charge in [0.2, 0.25) is 5.28 Å². The fourth-order valence-electron chi connectivity index (χ4n) is 0.871. The van der Waals surface area contributed by atoms with Crippen molar-refractivity contribution in [2.75, 3.05) is 11.6 Å². The van der Waals surface area contributed by atoms with Gasteiger partial charge in [0.25, 0.3) is 0 Å². The van der Waals surface area contributed by atoms with Gasteiger partial charge in [0, 0.05) is 12.1 Å². The van der Waals surface area contributed by atoms with Crippen molar-refractivity contribution in [3.8, 4) is 0 Å². The van der Waals surface area contributed by atoms with Crippen molar-refractivity contribution in [2.45, 2.75) is 24.9 Å². The first kappa shape index (κ1) is 10.6. The van der Waals surface area contributed by atoms with Gasteiger partial charge in [0.15, 0.2) is 0 Å². The monoisotopic (exact) mass is 217 g/mol. The topological polar surface area (TPSA) is 37.8 Å². The van der Waals surface area contributed by atoms with Crippen LogP contribution in [0, 0.1) is 0 Å². The molecular formula is C8H12ClN3S. The summed E-state index contributed by atoms with van der Waals surface area (Å²) in [6, 6.07) is 2.23. The standard InChI is InChI=1S/C8H12ClN3S/c1-5(2)10-6-4-7(13-3)12-8(9)11-6/h4-5H,1-3H3,(H,10,11,12). The SMILES string of the molecule is CSc1cc(NC(C)C)nc(Cl)n1. The average Bonchev–Trinajstić information content (AvgIpc) is 2.01. The fraction of sp³-hybridized carbons (Fsp3) is 0.500. The third-order valence-electron chi connectivity index (χ3n) is 1.32. The second-order valence-electron chi connectivity index (χ2n) is 2.86. The summed E-state index contributed by atoms with van der Waals surface area (Å²) in [6.07, 6.45) is 1.96. The van der Waals surface area contributed by atoms with Gasteiger partial charge < -0.3 is 5.32 Å². The number of nitrogens with one attached hydrogen (secondary N) is 1. The van der Waals surface area contributed by atoms with E-state index in [4.69, 9.17) is 11.6 Å². The first-order chi connectivity index (χ1) is 6.11. The van der Waals surface area contributed by atoms with E-state index in [2.05, 4.69) is 29.1 Å². The van der Waals surface area contributed by atoms with Gasteiger partial charge in [-0.25, -0.2) is 9.97 Å². The Labute approximate surface area is 87.3 Å². The van der Waals surface area contributed by atoms with Crippen molar-refractivity contribution in [2.24, 2.45) is 0 Å². The van der Waals surface area contributed by atoms with Gasteiger partial charge in [-0.3, -0.25) is 0 Å². The summed E-state index contributed by atoms with van der Waals surface area (Å²) in [7, 11) is 0. The summed E-state index contributed by atoms with van der Waals surface area (Å²) >= 11 is 7.29. The Morgan fingerprint density at radius 3 is 2.69 bits per heavy atom. The van der Waals surface area contributed by atoms with Gasteiger partial charge in [-0.2, -0.15) is 0 Å². The van der Waals surface area contributed by atoms with Crippen LogP contribution in [0.2, 0.25) is 5.28 Å². The average molecular weight is 218 g/mol. The number of hydrogen-bond acceptors (Lipinski definition) is 4. The number of anilines is 1. The Balaban J connectivity index is 2.88. The molecule has 0 unspecified atom stereocenters. The summed E-state index contributed by atoms with van der Waals surface area (Å²) in [4.78, 5) is 8.09. The van der Waals surface area contributed by atoms with Crippen LogP contribution in [0.15, 0.2) is 11.1 Å². The number of thioether (sulfide) groups is 1. The number of hydrogen-bond donors (Lipinski definition) is 1. The predicted octanol–water partition coefficient (Wildman–Crippen LogP) is 2.67. The van der Waals surface area contributed by atoms with E-state index in [0.717, 1.165) is 10.8 Å². The van der Waals surface area contributed by atoms with E-state index in [9.17, 15) is 0 Å². The van der Waals surface area contributed by atoms with Crippen LogP contribution in [0.4, 0.5) is 5.82 Å². The van der Waals surface area contributed by atoms with Gasteiger partial charge in [-0.05, 0) is 31.7 Å². The maximum Gasteiger partial charge on any atom is 0.225 e. The Hall–Kier alpha value is -0.480. The molecule has 72 valence electrons. The molecule has 0 saturated heterocycles. The maximum absolute atomic E-state index is 5.74. The van der Waals surface area contributed by atoms with E-state index < -0.39 is 0 Å². The van der Waals surface area contributed by atoms with E-state index in [1.54, 1.807) is 11.8 Å². The number of rotatable bonds is 3. The van der Waals surface area contributed by atoms with Crippen LogP contribution in [0.5, 0.6) is 0 Å². The molecule has 1 N–H and O–H groups in total. The molecule has 0 atom stereocenters. The Morgan fingerprint density at radius 1 is 1.46 bits per heavy atom. The largest absolute Gasteiger partial charge is 0.368 e. The molecule has 13 heavy (non-hydrogen) atoms. The van der Waals surface area contributed by atoms with Crippen LogP contribution in [-0.2, 0) is 0 Å². The molecule has 0 aliphatic heterocycles. The minimum absolute atomic E-state index is 0.287. The van der Waals surface area contributed by atoms with Gasteiger partial charge in [-0.15, -0.1) is 11.8 Å². The Kier molecular flexibility index (Phi) is 3.81. The zero-order valence-corrected chi connectivity index (χ0v) is 9.41. The lowest BCUT2D eigenvalue weighted by Crippen LogP contribution is -2.11. The predicted molar refractivity (Wildman–Crippen MR) is 57.6 cm³/mol. The highest BCUT2D eigenvalue weighted by Crippen LogP contribution is 2.18. The van der Waals surface area contributed by atoms with Crippen molar-refractivity contribution in [3.05, 3.63) is 11.3 Å². The first-order valence-electron chi connectivity index (χ1n) is 3.97. The Morgan fingerprint density at radius 2 is 2.15 bits per heavy atom. The summed E-state index contributed by atoms with van der Waals surface area (Å²) in [5, 5.41) is 4.34. The van der Waals surface area contributed by atoms with Crippen LogP contribution < -0.4 is 5.32 Å². The van der Waals surface area contributed by atoms with Gasteiger partial charge in [0.1, 0.15) is 10.8 Å². The molecule has 0 spiro atoms. The van der Waals surface area contributed by atoms with Crippen LogP contribution in [0.1, 0.15) is 13.8 Å². The third-order valence-corrected chi connectivity index (χ3v) is 2.12. The highest BCUT2D eigenvalue weighted by Gasteiger charge is 2.02. The molecule has 0 aromatic carbocycles. The molecule has 5 heteroatoms. The molecular weight excluding hydrogens is 206 g/mol. The van der Waals surface area contributed by atoms with Crippen LogP contribution in [0.25, 0.3) is 0 Å². The third kappa shape index (κ3) is 3.40. The van der Waals surface area contributed by atoms with E-state index in [-0.39, 0.29) is 5.28 Å². The van der Waals surface area contributed by atoms with E-state index in [1.165, 1.54) is 0 Å². The van der Waals surface area contributed by atoms with Crippen LogP contribution >= 0.6 is 23.4 Å². The molecule has 1 heterocycles. The van der Waals surface area contributed by atoms with Crippen molar-refractivity contribution < 1.29 is 0 Å². The zero-order chi connectivity index (χ0) is 9.84. The quantitative estimate of drug-likeness (QED) is 0.480. The summed E-state index contributed by atoms with van der Waals surface area (Å²) < 4.78 is 0. The lowest BCUT2D eigenvalue weighted by molar-refractivity contribution is 0.880. The second-order valence-corrected chi connectivity index (χ2v) is 4.03. The molecule has 1 aromatic rings. The molecule has 0 fully saturated rings. The molecule has 0 radical (unpaired) electrons. The van der Waals surface area contributed by atoms with E-state index in [1.807, 2.05) is 12.3 Å². The molecule has 3 nitrogen and oxygen atoms in total. The summed E-state index contributed by atoms with van der Waals surface area (Å²) in [5.74, 6) is 0.777. The lowest BCUT2D eigenvalue weighted by Gasteiger charge is -2.09. The molecule has 0 aliphatic rings. The van der Waals surface area contributed by atoms with Gasteiger partial charge in [-0.1, -0.05) is 0 Å². The van der Waals surface area contributed by atoms with Crippen LogP contribution in [0.3, 0.4) is 0 Å². The highest BCUT2D eigenvalue weighted by atomic mass is 35.5. The number of halogens is 1. The molecule has 0 bridgehead atoms. The molecule has 1 aromatic heterocycles. The molecule has 1 rings (SSSR count). The van der Waals surface area contributed by atoms with Crippen molar-refractivity contribution in [3.63, 3.8) is 0 Å². The smallest absolute Gasteiger partial charge is 0.225 e. The second kappa shape index (κ2) is 4.67. The zero-order valence-electron chi connectivity index (χ0n) is 7.84. The maximum atomic E-state index is 5.74. The molecule has 0 amide bonds. The van der Waals surface area contributed by atoms with Gasteiger partial charge >= 0.3 is 0 Å². The number of aromatic nitrogens is 2. The van der Waals surface area contributed by atoms with Crippen LogP contribution in [-0.4, -0.2) is 22.3 Å². The van der Waals surface area contributed by atoms with Crippen molar-refractivity contribution in [1.82, 2.24) is 9.97 Å². The van der Waals surface area contributed by atoms with E-state index >= 15 is 0 Å². The summed E-state index contributed by atoms with van der Waals surface area (Å²) in [6.45, 7) is 4.10. The lowest BCUT2D eigenvalue weighted by atomic mass is 10.4. The number of nitrogens with zero attached hydrogens (tertiary/aromatic N) is 2. The van der Waals surface area contributed by atoms with Crippen molar-refractivity contribution >= 4 is 29.2 Å². The molecule has 0 aliphatic carbocycles. The van der Waals surface area contributed by atoms with Gasteiger partial charge in [0.05, 0.1) is 0 Å². The Bertz CT molecular complexity index is 291. The minimum atomic E-state index is 0.287. The fourth-order valence-corrected chi connectivity index (χ4v) is 1.51. The minimum Gasteiger partial charge on any atom is -0.368 e. The highest BCUT2D eigenvalue weighted by molar-refractivity contribution is 7.98. The van der Waals surface area contributed by atoms with Crippen molar-refractivity contribution in [1.29, 1.82) is 0 Å². The van der Waals surface area contributed by atoms with E-state index in [0.29, 0.717) is 6.04 Å². The molecule has 0 saturated carbocycles. The summed E-state index contributed by atoms with van der Waals surface area (Å²) in [5.41, 5.74) is 0.